The van der Waals surface area contributed by atoms with Crippen molar-refractivity contribution in [2.75, 3.05) is 17.9 Å². The first-order valence-corrected chi connectivity index (χ1v) is 16.4. The number of para-hydroxylation sites is 1. The Hall–Kier alpha value is -5.48. The molecule has 8 nitrogen and oxygen atoms in total. The van der Waals surface area contributed by atoms with E-state index in [0.29, 0.717) is 11.5 Å². The maximum atomic E-state index is 15.0. The van der Waals surface area contributed by atoms with Crippen molar-refractivity contribution < 1.29 is 27.1 Å². The second kappa shape index (κ2) is 15.2. The molecule has 0 radical (unpaired) electrons. The number of halogens is 1. The molecule has 0 bridgehead atoms. The summed E-state index contributed by atoms with van der Waals surface area (Å²) in [5.41, 5.74) is 1.16. The average Bonchev–Trinajstić information content (AvgIpc) is 3.10. The normalized spacial score (nSPS) is 11.7. The molecule has 5 aromatic carbocycles. The molecule has 0 spiro atoms. The third kappa shape index (κ3) is 8.22. The van der Waals surface area contributed by atoms with E-state index in [4.69, 9.17) is 4.74 Å². The zero-order valence-electron chi connectivity index (χ0n) is 25.7. The van der Waals surface area contributed by atoms with Crippen molar-refractivity contribution in [3.05, 3.63) is 156 Å². The van der Waals surface area contributed by atoms with Crippen molar-refractivity contribution in [1.29, 1.82) is 0 Å². The zero-order valence-corrected chi connectivity index (χ0v) is 26.5. The van der Waals surface area contributed by atoms with Gasteiger partial charge in [0, 0.05) is 25.6 Å². The second-order valence-corrected chi connectivity index (χ2v) is 12.5. The monoisotopic (exact) mass is 651 g/mol. The van der Waals surface area contributed by atoms with Crippen LogP contribution in [-0.2, 0) is 32.6 Å². The van der Waals surface area contributed by atoms with E-state index in [0.717, 1.165) is 9.87 Å². The number of nitrogens with zero attached hydrogens (tertiary/aromatic N) is 2. The number of hydrogen-bond acceptors (Lipinski definition) is 5. The summed E-state index contributed by atoms with van der Waals surface area (Å²) in [6.45, 7) is -0.924. The highest BCUT2D eigenvalue weighted by molar-refractivity contribution is 7.92. The number of ether oxygens (including phenoxy) is 1. The van der Waals surface area contributed by atoms with Crippen LogP contribution in [0.2, 0.25) is 0 Å². The minimum Gasteiger partial charge on any atom is -0.457 e. The van der Waals surface area contributed by atoms with Crippen LogP contribution in [0.15, 0.2) is 144 Å². The molecule has 0 aliphatic carbocycles. The summed E-state index contributed by atoms with van der Waals surface area (Å²) >= 11 is 0. The molecule has 5 aromatic rings. The summed E-state index contributed by atoms with van der Waals surface area (Å²) in [7, 11) is -2.82. The summed E-state index contributed by atoms with van der Waals surface area (Å²) in [6, 6.07) is 37.2. The average molecular weight is 652 g/mol. The molecule has 0 aliphatic heterocycles. The number of nitrogens with one attached hydrogen (secondary N) is 1. The van der Waals surface area contributed by atoms with Gasteiger partial charge in [0.1, 0.15) is 29.9 Å². The second-order valence-electron chi connectivity index (χ2n) is 10.7. The van der Waals surface area contributed by atoms with Gasteiger partial charge in [-0.2, -0.15) is 0 Å². The van der Waals surface area contributed by atoms with Crippen molar-refractivity contribution in [2.45, 2.75) is 23.9 Å². The van der Waals surface area contributed by atoms with E-state index in [-0.39, 0.29) is 29.1 Å². The first-order valence-electron chi connectivity index (χ1n) is 15.0. The van der Waals surface area contributed by atoms with E-state index in [1.807, 2.05) is 48.5 Å². The number of amides is 2. The van der Waals surface area contributed by atoms with Crippen LogP contribution < -0.4 is 14.4 Å². The highest BCUT2D eigenvalue weighted by Crippen LogP contribution is 2.29. The first-order chi connectivity index (χ1) is 22.8. The Labute approximate surface area is 274 Å². The van der Waals surface area contributed by atoms with Gasteiger partial charge in [0.05, 0.1) is 10.6 Å². The van der Waals surface area contributed by atoms with Crippen molar-refractivity contribution in [2.24, 2.45) is 0 Å². The van der Waals surface area contributed by atoms with Crippen LogP contribution in [-0.4, -0.2) is 44.8 Å². The van der Waals surface area contributed by atoms with Crippen LogP contribution in [0.25, 0.3) is 0 Å². The van der Waals surface area contributed by atoms with Crippen molar-refractivity contribution in [3.8, 4) is 11.5 Å². The van der Waals surface area contributed by atoms with Gasteiger partial charge in [0.2, 0.25) is 11.8 Å². The molecule has 0 heterocycles. The van der Waals surface area contributed by atoms with Crippen molar-refractivity contribution in [1.82, 2.24) is 10.2 Å². The van der Waals surface area contributed by atoms with Gasteiger partial charge in [0.25, 0.3) is 10.0 Å². The Bertz CT molecular complexity index is 1890. The summed E-state index contributed by atoms with van der Waals surface area (Å²) in [5.74, 6) is -0.651. The summed E-state index contributed by atoms with van der Waals surface area (Å²) < 4.78 is 50.1. The molecule has 240 valence electrons. The highest BCUT2D eigenvalue weighted by atomic mass is 32.2. The molecule has 0 fully saturated rings. The largest absolute Gasteiger partial charge is 0.457 e. The lowest BCUT2D eigenvalue weighted by Gasteiger charge is -2.33. The molecule has 10 heteroatoms. The van der Waals surface area contributed by atoms with Crippen LogP contribution in [0.5, 0.6) is 11.5 Å². The van der Waals surface area contributed by atoms with Crippen LogP contribution in [0, 0.1) is 5.82 Å². The van der Waals surface area contributed by atoms with E-state index < -0.39 is 40.2 Å². The van der Waals surface area contributed by atoms with Crippen LogP contribution >= 0.6 is 0 Å². The predicted molar refractivity (Wildman–Crippen MR) is 179 cm³/mol. The molecule has 0 aliphatic rings. The predicted octanol–water partition coefficient (Wildman–Crippen LogP) is 6.20. The number of benzene rings is 5. The van der Waals surface area contributed by atoms with E-state index in [1.165, 1.54) is 42.3 Å². The summed E-state index contributed by atoms with van der Waals surface area (Å²) in [6.07, 6.45) is 0.123. The van der Waals surface area contributed by atoms with Crippen molar-refractivity contribution in [3.63, 3.8) is 0 Å². The van der Waals surface area contributed by atoms with E-state index in [9.17, 15) is 22.4 Å². The van der Waals surface area contributed by atoms with Gasteiger partial charge < -0.3 is 15.0 Å². The number of carbonyl (C=O) groups is 2. The Morgan fingerprint density at radius 1 is 0.745 bits per heavy atom. The minimum absolute atomic E-state index is 0.0230. The Kier molecular flexibility index (Phi) is 10.6. The number of sulfonamides is 1. The third-order valence-electron chi connectivity index (χ3n) is 7.53. The molecule has 0 aromatic heterocycles. The van der Waals surface area contributed by atoms with Crippen molar-refractivity contribution >= 4 is 27.5 Å². The molecule has 0 unspecified atom stereocenters. The Morgan fingerprint density at radius 2 is 1.30 bits per heavy atom. The van der Waals surface area contributed by atoms with E-state index in [1.54, 1.807) is 60.7 Å². The van der Waals surface area contributed by atoms with Gasteiger partial charge in [-0.05, 0) is 60.2 Å². The van der Waals surface area contributed by atoms with Crippen LogP contribution in [0.3, 0.4) is 0 Å². The molecular weight excluding hydrogens is 617 g/mol. The van der Waals surface area contributed by atoms with Crippen LogP contribution in [0.4, 0.5) is 10.1 Å². The zero-order chi connectivity index (χ0) is 33.2. The Balaban J connectivity index is 1.54. The number of likely N-dealkylation sites (N-methyl/N-ethyl adjacent to an activating group) is 1. The van der Waals surface area contributed by atoms with Gasteiger partial charge in [-0.3, -0.25) is 13.9 Å². The summed E-state index contributed by atoms with van der Waals surface area (Å²) in [5, 5.41) is 2.62. The summed E-state index contributed by atoms with van der Waals surface area (Å²) in [4.78, 5) is 28.9. The fourth-order valence-corrected chi connectivity index (χ4v) is 6.52. The number of rotatable bonds is 13. The lowest BCUT2D eigenvalue weighted by atomic mass is 10.0. The fraction of sp³-hybridized carbons (Fsp3) is 0.135. The van der Waals surface area contributed by atoms with E-state index in [2.05, 4.69) is 5.32 Å². The molecule has 2 amide bonds. The standard InChI is InChI=1S/C37H34FN3O5S/c1-39-37(43)35(25-28-13-5-2-6-14-28)40(26-29-15-11-12-20-34(29)38)36(42)27-41(47(44,45)33-18-9-4-10-19-33)30-21-23-32(24-22-30)46-31-16-7-3-8-17-31/h2-24,35H,25-27H2,1H3,(H,39,43)/t35-/m1/s1. The molecule has 0 saturated heterocycles. The van der Waals surface area contributed by atoms with Gasteiger partial charge in [0.15, 0.2) is 0 Å². The maximum absolute atomic E-state index is 15.0. The van der Waals surface area contributed by atoms with Gasteiger partial charge in [-0.15, -0.1) is 0 Å². The topological polar surface area (TPSA) is 96.0 Å². The lowest BCUT2D eigenvalue weighted by Crippen LogP contribution is -2.53. The minimum atomic E-state index is -4.28. The smallest absolute Gasteiger partial charge is 0.264 e. The van der Waals surface area contributed by atoms with Gasteiger partial charge in [-0.25, -0.2) is 12.8 Å². The Morgan fingerprint density at radius 3 is 1.91 bits per heavy atom. The first kappa shape index (κ1) is 32.9. The third-order valence-corrected chi connectivity index (χ3v) is 9.32. The molecule has 5 rings (SSSR count). The quantitative estimate of drug-likeness (QED) is 0.164. The van der Waals surface area contributed by atoms with Gasteiger partial charge >= 0.3 is 0 Å². The molecule has 1 N–H and O–H groups in total. The van der Waals surface area contributed by atoms with Crippen LogP contribution in [0.1, 0.15) is 11.1 Å². The highest BCUT2D eigenvalue weighted by Gasteiger charge is 2.34. The molecule has 0 saturated carbocycles. The number of hydrogen-bond donors (Lipinski definition) is 1. The van der Waals surface area contributed by atoms with E-state index >= 15 is 0 Å². The number of carbonyl (C=O) groups excluding carboxylic acids is 2. The molecular formula is C37H34FN3O5S. The fourth-order valence-electron chi connectivity index (χ4n) is 5.08. The molecule has 1 atom stereocenters. The lowest BCUT2D eigenvalue weighted by molar-refractivity contribution is -0.139. The molecule has 47 heavy (non-hydrogen) atoms. The SMILES string of the molecule is CNC(=O)[C@@H](Cc1ccccc1)N(Cc1ccccc1F)C(=O)CN(c1ccc(Oc2ccccc2)cc1)S(=O)(=O)c1ccccc1. The van der Waals surface area contributed by atoms with Gasteiger partial charge in [-0.1, -0.05) is 84.9 Å². The maximum Gasteiger partial charge on any atom is 0.264 e. The number of anilines is 1.